The van der Waals surface area contributed by atoms with Crippen molar-refractivity contribution in [1.29, 1.82) is 0 Å². The Balaban J connectivity index is 1.94. The second-order valence-corrected chi connectivity index (χ2v) is 6.30. The summed E-state index contributed by atoms with van der Waals surface area (Å²) in [6.45, 7) is 9.53. The lowest BCUT2D eigenvalue weighted by atomic mass is 10.2. The first-order valence-corrected chi connectivity index (χ1v) is 8.00. The maximum Gasteiger partial charge on any atom is 0.318 e. The highest BCUT2D eigenvalue weighted by atomic mass is 16.5. The van der Waals surface area contributed by atoms with Crippen LogP contribution in [0.4, 0.5) is 4.79 Å². The number of hydrogen-bond donors (Lipinski definition) is 1. The smallest absolute Gasteiger partial charge is 0.318 e. The van der Waals surface area contributed by atoms with Crippen molar-refractivity contribution in [2.45, 2.75) is 58.9 Å². The predicted octanol–water partition coefficient (Wildman–Crippen LogP) is 3.40. The number of carbonyl (C=O) groups excluding carboxylic acids is 1. The van der Waals surface area contributed by atoms with E-state index in [2.05, 4.69) is 35.4 Å². The summed E-state index contributed by atoms with van der Waals surface area (Å²) >= 11 is 0. The monoisotopic (exact) mass is 306 g/mol. The van der Waals surface area contributed by atoms with E-state index < -0.39 is 0 Å². The number of allylic oxidation sites excluding steroid dienone is 1. The summed E-state index contributed by atoms with van der Waals surface area (Å²) in [7, 11) is 0. The molecule has 0 spiro atoms. The minimum atomic E-state index is -0.0697. The molecule has 2 rings (SSSR count). The first kappa shape index (κ1) is 16.5. The third kappa shape index (κ3) is 4.08. The van der Waals surface area contributed by atoms with Crippen molar-refractivity contribution in [2.75, 3.05) is 13.1 Å². The maximum atomic E-state index is 12.3. The molecule has 2 amide bonds. The molecule has 0 bridgehead atoms. The summed E-state index contributed by atoms with van der Waals surface area (Å²) in [5, 5.41) is 7.02. The van der Waals surface area contributed by atoms with Crippen molar-refractivity contribution < 1.29 is 9.32 Å². The molecule has 1 fully saturated rings. The topological polar surface area (TPSA) is 71.3 Å². The van der Waals surface area contributed by atoms with Gasteiger partial charge in [0.05, 0.1) is 6.04 Å². The van der Waals surface area contributed by atoms with E-state index in [9.17, 15) is 4.79 Å². The van der Waals surface area contributed by atoms with Crippen molar-refractivity contribution in [3.05, 3.63) is 23.4 Å². The van der Waals surface area contributed by atoms with Crippen LogP contribution in [0, 0.1) is 0 Å². The zero-order chi connectivity index (χ0) is 16.1. The third-order valence-electron chi connectivity index (χ3n) is 3.74. The van der Waals surface area contributed by atoms with Gasteiger partial charge < -0.3 is 14.7 Å². The van der Waals surface area contributed by atoms with Gasteiger partial charge in [-0.05, 0) is 33.1 Å². The zero-order valence-electron chi connectivity index (χ0n) is 13.9. The van der Waals surface area contributed by atoms with Gasteiger partial charge in [0.2, 0.25) is 5.89 Å². The maximum absolute atomic E-state index is 12.3. The minimum Gasteiger partial charge on any atom is -0.339 e. The van der Waals surface area contributed by atoms with Crippen molar-refractivity contribution in [3.8, 4) is 0 Å². The Hall–Kier alpha value is -1.85. The van der Waals surface area contributed by atoms with Gasteiger partial charge in [0.15, 0.2) is 5.82 Å². The van der Waals surface area contributed by atoms with E-state index in [1.807, 2.05) is 18.7 Å². The number of hydrogen-bond acceptors (Lipinski definition) is 4. The standard InChI is InChI=1S/C16H26N4O2/c1-11(2)7-5-9-17-16(21)20-10-6-8-13(20)14-18-15(12(3)4)22-19-14/h7,12-13H,5-6,8-10H2,1-4H3,(H,17,21)/t13-/m0/s1. The van der Waals surface area contributed by atoms with Crippen molar-refractivity contribution in [3.63, 3.8) is 0 Å². The molecule has 0 saturated carbocycles. The highest BCUT2D eigenvalue weighted by molar-refractivity contribution is 5.74. The minimum absolute atomic E-state index is 0.0412. The van der Waals surface area contributed by atoms with Crippen molar-refractivity contribution >= 4 is 6.03 Å². The first-order chi connectivity index (χ1) is 10.5. The second-order valence-electron chi connectivity index (χ2n) is 6.30. The average molecular weight is 306 g/mol. The van der Waals surface area contributed by atoms with Gasteiger partial charge in [-0.2, -0.15) is 4.98 Å². The zero-order valence-corrected chi connectivity index (χ0v) is 13.9. The number of rotatable bonds is 5. The molecule has 0 aliphatic carbocycles. The molecule has 1 atom stereocenters. The van der Waals surface area contributed by atoms with E-state index >= 15 is 0 Å². The molecule has 1 aromatic heterocycles. The van der Waals surface area contributed by atoms with Gasteiger partial charge in [0.1, 0.15) is 0 Å². The largest absolute Gasteiger partial charge is 0.339 e. The number of nitrogens with zero attached hydrogens (tertiary/aromatic N) is 3. The number of aromatic nitrogens is 2. The van der Waals surface area contributed by atoms with Crippen LogP contribution in [0.3, 0.4) is 0 Å². The highest BCUT2D eigenvalue weighted by Crippen LogP contribution is 2.30. The van der Waals surface area contributed by atoms with Crippen LogP contribution in [0.1, 0.15) is 70.6 Å². The van der Waals surface area contributed by atoms with Crippen molar-refractivity contribution in [2.24, 2.45) is 0 Å². The van der Waals surface area contributed by atoms with Crippen LogP contribution in [0.2, 0.25) is 0 Å². The molecule has 22 heavy (non-hydrogen) atoms. The van der Waals surface area contributed by atoms with E-state index in [0.29, 0.717) is 18.3 Å². The van der Waals surface area contributed by atoms with Crippen LogP contribution >= 0.6 is 0 Å². The molecule has 0 radical (unpaired) electrons. The van der Waals surface area contributed by atoms with Crippen LogP contribution in [0.5, 0.6) is 0 Å². The molecule has 1 N–H and O–H groups in total. The number of amides is 2. The predicted molar refractivity (Wildman–Crippen MR) is 84.5 cm³/mol. The lowest BCUT2D eigenvalue weighted by Crippen LogP contribution is -2.40. The first-order valence-electron chi connectivity index (χ1n) is 8.00. The van der Waals surface area contributed by atoms with Gasteiger partial charge in [0.25, 0.3) is 0 Å². The Labute approximate surface area is 132 Å². The third-order valence-corrected chi connectivity index (χ3v) is 3.74. The Morgan fingerprint density at radius 3 is 2.91 bits per heavy atom. The van der Waals surface area contributed by atoms with Crippen LogP contribution in [0.25, 0.3) is 0 Å². The summed E-state index contributed by atoms with van der Waals surface area (Å²) in [4.78, 5) is 18.6. The van der Waals surface area contributed by atoms with E-state index in [-0.39, 0.29) is 18.0 Å². The highest BCUT2D eigenvalue weighted by Gasteiger charge is 2.33. The lowest BCUT2D eigenvalue weighted by Gasteiger charge is -2.22. The van der Waals surface area contributed by atoms with E-state index in [4.69, 9.17) is 4.52 Å². The van der Waals surface area contributed by atoms with Gasteiger partial charge in [-0.1, -0.05) is 30.7 Å². The fraction of sp³-hybridized carbons (Fsp3) is 0.688. The number of nitrogens with one attached hydrogen (secondary N) is 1. The Bertz CT molecular complexity index is 532. The quantitative estimate of drug-likeness (QED) is 0.668. The van der Waals surface area contributed by atoms with Crippen LogP contribution < -0.4 is 5.32 Å². The molecule has 6 heteroatoms. The summed E-state index contributed by atoms with van der Waals surface area (Å²) < 4.78 is 5.26. The molecule has 6 nitrogen and oxygen atoms in total. The summed E-state index contributed by atoms with van der Waals surface area (Å²) in [5.74, 6) is 1.46. The average Bonchev–Trinajstić information content (AvgIpc) is 3.10. The summed E-state index contributed by atoms with van der Waals surface area (Å²) in [5.41, 5.74) is 1.27. The molecule has 1 aromatic rings. The molecular weight excluding hydrogens is 280 g/mol. The van der Waals surface area contributed by atoms with Crippen LogP contribution in [-0.4, -0.2) is 34.2 Å². The summed E-state index contributed by atoms with van der Waals surface area (Å²) in [6, 6.07) is -0.111. The molecule has 122 valence electrons. The summed E-state index contributed by atoms with van der Waals surface area (Å²) in [6.07, 6.45) is 4.83. The van der Waals surface area contributed by atoms with E-state index in [0.717, 1.165) is 25.8 Å². The van der Waals surface area contributed by atoms with Gasteiger partial charge in [-0.15, -0.1) is 0 Å². The molecule has 0 aromatic carbocycles. The van der Waals surface area contributed by atoms with E-state index in [1.54, 1.807) is 0 Å². The molecule has 0 unspecified atom stereocenters. The van der Waals surface area contributed by atoms with Gasteiger partial charge in [-0.3, -0.25) is 0 Å². The molecule has 1 saturated heterocycles. The fourth-order valence-corrected chi connectivity index (χ4v) is 2.54. The Morgan fingerprint density at radius 1 is 1.50 bits per heavy atom. The van der Waals surface area contributed by atoms with Gasteiger partial charge in [0, 0.05) is 19.0 Å². The van der Waals surface area contributed by atoms with Gasteiger partial charge in [-0.25, -0.2) is 4.79 Å². The van der Waals surface area contributed by atoms with Crippen LogP contribution in [-0.2, 0) is 0 Å². The lowest BCUT2D eigenvalue weighted by molar-refractivity contribution is 0.190. The number of likely N-dealkylation sites (tertiary alicyclic amines) is 1. The normalized spacial score (nSPS) is 17.9. The fourth-order valence-electron chi connectivity index (χ4n) is 2.54. The van der Waals surface area contributed by atoms with Gasteiger partial charge >= 0.3 is 6.03 Å². The van der Waals surface area contributed by atoms with Crippen molar-refractivity contribution in [1.82, 2.24) is 20.4 Å². The molecule has 1 aliphatic heterocycles. The molecular formula is C16H26N4O2. The number of carbonyl (C=O) groups is 1. The molecule has 1 aliphatic rings. The second kappa shape index (κ2) is 7.42. The molecule has 2 heterocycles. The number of urea groups is 1. The van der Waals surface area contributed by atoms with Crippen LogP contribution in [0.15, 0.2) is 16.2 Å². The Kier molecular flexibility index (Phi) is 5.57. The van der Waals surface area contributed by atoms with E-state index in [1.165, 1.54) is 5.57 Å². The SMILES string of the molecule is CC(C)=CCCNC(=O)N1CCC[C@H]1c1noc(C(C)C)n1. The Morgan fingerprint density at radius 2 is 2.27 bits per heavy atom.